The predicted octanol–water partition coefficient (Wildman–Crippen LogP) is 7.57. The Kier molecular flexibility index (Phi) is 12.6. The molecule has 1 fully saturated rings. The summed E-state index contributed by atoms with van der Waals surface area (Å²) in [5.41, 5.74) is 4.38. The van der Waals surface area contributed by atoms with Crippen LogP contribution in [0.15, 0.2) is 144 Å². The summed E-state index contributed by atoms with van der Waals surface area (Å²) in [6.45, 7) is 3.53. The zero-order valence-electron chi connectivity index (χ0n) is 33.2. The van der Waals surface area contributed by atoms with Crippen molar-refractivity contribution < 1.29 is 33.6 Å². The topological polar surface area (TPSA) is 138 Å². The molecule has 2 heterocycles. The number of aromatic nitrogens is 2. The summed E-state index contributed by atoms with van der Waals surface area (Å²) in [5.74, 6) is -0.110. The smallest absolute Gasteiger partial charge is 0.351 e. The van der Waals surface area contributed by atoms with Crippen molar-refractivity contribution in [2.24, 2.45) is 0 Å². The fourth-order valence-corrected chi connectivity index (χ4v) is 7.36. The number of hydrogen-bond donors (Lipinski definition) is 2. The first-order valence-corrected chi connectivity index (χ1v) is 19.6. The molecule has 2 N–H and O–H groups in total. The molecule has 6 aromatic rings. The second-order valence-electron chi connectivity index (χ2n) is 14.6. The molecular formula is C48H47N3O8. The highest BCUT2D eigenvalue weighted by molar-refractivity contribution is 5.90. The molecule has 1 aliphatic heterocycles. The fourth-order valence-electron chi connectivity index (χ4n) is 7.36. The summed E-state index contributed by atoms with van der Waals surface area (Å²) < 4.78 is 25.0. The van der Waals surface area contributed by atoms with E-state index in [9.17, 15) is 19.5 Å². The molecule has 7 rings (SSSR count). The lowest BCUT2D eigenvalue weighted by Gasteiger charge is -2.38. The number of carbonyl (C=O) groups excluding carboxylic acids is 2. The van der Waals surface area contributed by atoms with Crippen LogP contribution < -0.4 is 15.7 Å². The van der Waals surface area contributed by atoms with Crippen molar-refractivity contribution in [2.45, 2.75) is 57.1 Å². The van der Waals surface area contributed by atoms with Gasteiger partial charge in [0.15, 0.2) is 0 Å². The maximum atomic E-state index is 14.3. The number of hydrogen-bond acceptors (Lipinski definition) is 10. The van der Waals surface area contributed by atoms with E-state index in [2.05, 4.69) is 10.3 Å². The molecule has 1 aliphatic rings. The quantitative estimate of drug-likeness (QED) is 0.0791. The largest absolute Gasteiger partial charge is 0.497 e. The molecule has 5 aromatic carbocycles. The molecule has 0 saturated carbocycles. The molecule has 302 valence electrons. The highest BCUT2D eigenvalue weighted by Gasteiger charge is 2.42. The van der Waals surface area contributed by atoms with E-state index in [0.29, 0.717) is 41.1 Å². The maximum Gasteiger partial charge on any atom is 0.351 e. The molecule has 0 unspecified atom stereocenters. The SMILES string of the molecule is COc1ccc(C(Nc2nc(=O)n([C@@H]3C[C@H](OC(=O)c4ccc(C)cc4)[C@@H](COC(=O)c4ccc(C)cc4)O3)cc2CCCO)(c2ccccc2)c2ccccc2)cc1. The predicted molar refractivity (Wildman–Crippen MR) is 224 cm³/mol. The number of aryl methyl sites for hydroxylation is 3. The van der Waals surface area contributed by atoms with Gasteiger partial charge >= 0.3 is 17.6 Å². The van der Waals surface area contributed by atoms with Gasteiger partial charge in [-0.2, -0.15) is 4.98 Å². The van der Waals surface area contributed by atoms with Crippen molar-refractivity contribution in [1.29, 1.82) is 0 Å². The first kappa shape index (κ1) is 40.6. The highest BCUT2D eigenvalue weighted by Crippen LogP contribution is 2.41. The second-order valence-corrected chi connectivity index (χ2v) is 14.6. The van der Waals surface area contributed by atoms with Crippen molar-refractivity contribution in [2.75, 3.05) is 25.6 Å². The molecular weight excluding hydrogens is 747 g/mol. The summed E-state index contributed by atoms with van der Waals surface area (Å²) in [5, 5.41) is 13.7. The monoisotopic (exact) mass is 793 g/mol. The van der Waals surface area contributed by atoms with Gasteiger partial charge in [-0.1, -0.05) is 108 Å². The Morgan fingerprint density at radius 1 is 0.797 bits per heavy atom. The lowest BCUT2D eigenvalue weighted by atomic mass is 9.77. The zero-order valence-corrected chi connectivity index (χ0v) is 33.2. The van der Waals surface area contributed by atoms with Gasteiger partial charge in [0, 0.05) is 24.8 Å². The molecule has 11 nitrogen and oxygen atoms in total. The van der Waals surface area contributed by atoms with Crippen molar-refractivity contribution in [3.8, 4) is 5.75 Å². The van der Waals surface area contributed by atoms with E-state index in [1.165, 1.54) is 4.57 Å². The van der Waals surface area contributed by atoms with Crippen LogP contribution in [-0.4, -0.2) is 59.1 Å². The van der Waals surface area contributed by atoms with Crippen molar-refractivity contribution in [3.63, 3.8) is 0 Å². The molecule has 59 heavy (non-hydrogen) atoms. The van der Waals surface area contributed by atoms with Gasteiger partial charge in [-0.15, -0.1) is 0 Å². The molecule has 0 spiro atoms. The van der Waals surface area contributed by atoms with Crippen LogP contribution in [-0.2, 0) is 26.2 Å². The summed E-state index contributed by atoms with van der Waals surface area (Å²) in [7, 11) is 1.62. The average Bonchev–Trinajstić information content (AvgIpc) is 3.67. The third kappa shape index (κ3) is 9.12. The fraction of sp³-hybridized carbons (Fsp3) is 0.250. The van der Waals surface area contributed by atoms with E-state index < -0.39 is 41.6 Å². The van der Waals surface area contributed by atoms with E-state index >= 15 is 0 Å². The van der Waals surface area contributed by atoms with Gasteiger partial charge in [0.25, 0.3) is 0 Å². The van der Waals surface area contributed by atoms with E-state index in [1.54, 1.807) is 37.6 Å². The van der Waals surface area contributed by atoms with E-state index in [-0.39, 0.29) is 19.6 Å². The Hall–Kier alpha value is -6.56. The van der Waals surface area contributed by atoms with Crippen LogP contribution in [0, 0.1) is 13.8 Å². The van der Waals surface area contributed by atoms with Gasteiger partial charge in [-0.3, -0.25) is 4.57 Å². The second kappa shape index (κ2) is 18.4. The first-order chi connectivity index (χ1) is 28.7. The number of carbonyl (C=O) groups is 2. The van der Waals surface area contributed by atoms with Gasteiger partial charge < -0.3 is 29.4 Å². The number of aliphatic hydroxyl groups excluding tert-OH is 1. The van der Waals surface area contributed by atoms with Gasteiger partial charge in [-0.05, 0) is 79.8 Å². The minimum absolute atomic E-state index is 0.0853. The summed E-state index contributed by atoms with van der Waals surface area (Å²) in [6, 6.07) is 41.6. The number of ether oxygens (including phenoxy) is 4. The van der Waals surface area contributed by atoms with Crippen LogP contribution >= 0.6 is 0 Å². The molecule has 0 amide bonds. The van der Waals surface area contributed by atoms with Crippen molar-refractivity contribution in [1.82, 2.24) is 9.55 Å². The van der Waals surface area contributed by atoms with Crippen LogP contribution in [0.2, 0.25) is 0 Å². The molecule has 0 aliphatic carbocycles. The lowest BCUT2D eigenvalue weighted by Crippen LogP contribution is -2.40. The number of esters is 2. The Morgan fingerprint density at radius 2 is 1.36 bits per heavy atom. The van der Waals surface area contributed by atoms with Crippen LogP contribution in [0.5, 0.6) is 5.75 Å². The minimum Gasteiger partial charge on any atom is -0.497 e. The zero-order chi connectivity index (χ0) is 41.4. The molecule has 0 bridgehead atoms. The average molecular weight is 794 g/mol. The third-order valence-corrected chi connectivity index (χ3v) is 10.6. The summed E-state index contributed by atoms with van der Waals surface area (Å²) >= 11 is 0. The van der Waals surface area contributed by atoms with Gasteiger partial charge in [0.05, 0.1) is 18.2 Å². The standard InChI is InChI=1S/C48H47N3O8/c1-32-16-20-34(21-17-32)45(53)57-31-42-41(59-46(54)35-22-18-33(2)19-23-35)29-43(58-42)51-30-36(11-10-28-52)44(49-47(51)55)50-48(37-12-6-4-7-13-37,38-14-8-5-9-15-38)39-24-26-40(56-3)27-25-39/h4-9,12-27,30,41-43,52H,10-11,28-29,31H2,1-3H3,(H,49,50,55)/t41-,42+,43-/m0/s1. The first-order valence-electron chi connectivity index (χ1n) is 19.6. The Morgan fingerprint density at radius 3 is 1.92 bits per heavy atom. The number of methoxy groups -OCH3 is 1. The molecule has 11 heteroatoms. The molecule has 1 saturated heterocycles. The van der Waals surface area contributed by atoms with E-state index in [0.717, 1.165) is 27.8 Å². The Bertz CT molecular complexity index is 2360. The number of aliphatic hydroxyl groups is 1. The normalized spacial score (nSPS) is 16.3. The summed E-state index contributed by atoms with van der Waals surface area (Å²) in [6.07, 6.45) is -0.165. The summed E-state index contributed by atoms with van der Waals surface area (Å²) in [4.78, 5) is 45.4. The van der Waals surface area contributed by atoms with Gasteiger partial charge in [0.2, 0.25) is 0 Å². The van der Waals surface area contributed by atoms with Crippen molar-refractivity contribution >= 4 is 17.8 Å². The lowest BCUT2D eigenvalue weighted by molar-refractivity contribution is -0.0582. The molecule has 0 radical (unpaired) electrons. The van der Waals surface area contributed by atoms with Crippen LogP contribution in [0.4, 0.5) is 5.82 Å². The third-order valence-electron chi connectivity index (χ3n) is 10.6. The number of anilines is 1. The molecule has 1 aromatic heterocycles. The minimum atomic E-state index is -1.03. The van der Waals surface area contributed by atoms with Gasteiger partial charge in [0.1, 0.15) is 42.1 Å². The Labute approximate surface area is 343 Å². The van der Waals surface area contributed by atoms with Crippen LogP contribution in [0.3, 0.4) is 0 Å². The van der Waals surface area contributed by atoms with E-state index in [4.69, 9.17) is 18.9 Å². The number of benzene rings is 5. The number of rotatable bonds is 15. The van der Waals surface area contributed by atoms with Gasteiger partial charge in [-0.25, -0.2) is 14.4 Å². The van der Waals surface area contributed by atoms with E-state index in [1.807, 2.05) is 123 Å². The van der Waals surface area contributed by atoms with Crippen LogP contribution in [0.1, 0.15) is 73.2 Å². The number of nitrogens with zero attached hydrogens (tertiary/aromatic N) is 2. The number of nitrogens with one attached hydrogen (secondary N) is 1. The highest BCUT2D eigenvalue weighted by atomic mass is 16.6. The molecule has 3 atom stereocenters. The van der Waals surface area contributed by atoms with Crippen LogP contribution in [0.25, 0.3) is 0 Å². The maximum absolute atomic E-state index is 14.3. The Balaban J connectivity index is 1.26. The van der Waals surface area contributed by atoms with Crippen molar-refractivity contribution in [3.05, 3.63) is 195 Å².